The number of benzene rings is 2. The van der Waals surface area contributed by atoms with E-state index < -0.39 is 5.82 Å². The molecule has 4 nitrogen and oxygen atoms in total. The second kappa shape index (κ2) is 5.27. The van der Waals surface area contributed by atoms with E-state index in [1.54, 1.807) is 12.1 Å². The molecule has 5 heteroatoms. The number of nitrogens with zero attached hydrogens (tertiary/aromatic N) is 1. The lowest BCUT2D eigenvalue weighted by atomic mass is 10.2. The molecular formula is C14H11FN2O2. The Kier molecular flexibility index (Phi) is 3.53. The molecule has 0 spiro atoms. The quantitative estimate of drug-likeness (QED) is 0.859. The van der Waals surface area contributed by atoms with E-state index in [0.717, 1.165) is 6.07 Å². The summed E-state index contributed by atoms with van der Waals surface area (Å²) in [4.78, 5) is 0. The zero-order chi connectivity index (χ0) is 13.8. The van der Waals surface area contributed by atoms with Crippen molar-refractivity contribution in [1.29, 1.82) is 5.26 Å². The molecule has 0 amide bonds. The Morgan fingerprint density at radius 1 is 1.16 bits per heavy atom. The highest BCUT2D eigenvalue weighted by molar-refractivity contribution is 5.50. The first-order chi connectivity index (χ1) is 9.13. The van der Waals surface area contributed by atoms with Gasteiger partial charge in [-0.05, 0) is 24.3 Å². The van der Waals surface area contributed by atoms with Gasteiger partial charge in [0, 0.05) is 17.8 Å². The van der Waals surface area contributed by atoms with E-state index in [4.69, 9.17) is 20.5 Å². The standard InChI is InChI=1S/C14H11FN2O2/c1-18-11-4-2-9(8-16)14(7-11)19-13-5-3-10(17)6-12(13)15/h2-7H,17H2,1H3. The number of methoxy groups -OCH3 is 1. The Hall–Kier alpha value is -2.74. The van der Waals surface area contributed by atoms with Gasteiger partial charge in [0.2, 0.25) is 0 Å². The summed E-state index contributed by atoms with van der Waals surface area (Å²) in [6.45, 7) is 0. The number of hydrogen-bond donors (Lipinski definition) is 1. The van der Waals surface area contributed by atoms with Crippen molar-refractivity contribution in [3.8, 4) is 23.3 Å². The molecule has 0 heterocycles. The predicted molar refractivity (Wildman–Crippen MR) is 68.6 cm³/mol. The van der Waals surface area contributed by atoms with Crippen molar-refractivity contribution in [3.63, 3.8) is 0 Å². The fraction of sp³-hybridized carbons (Fsp3) is 0.0714. The Morgan fingerprint density at radius 2 is 1.95 bits per heavy atom. The van der Waals surface area contributed by atoms with Crippen LogP contribution < -0.4 is 15.2 Å². The summed E-state index contributed by atoms with van der Waals surface area (Å²) < 4.78 is 24.1. The van der Waals surface area contributed by atoms with Crippen LogP contribution in [0.3, 0.4) is 0 Å². The van der Waals surface area contributed by atoms with Crippen molar-refractivity contribution in [1.82, 2.24) is 0 Å². The maximum atomic E-state index is 13.6. The van der Waals surface area contributed by atoms with Crippen molar-refractivity contribution in [2.45, 2.75) is 0 Å². The molecule has 0 aliphatic carbocycles. The molecule has 0 atom stereocenters. The highest BCUT2D eigenvalue weighted by Gasteiger charge is 2.10. The fourth-order valence-electron chi connectivity index (χ4n) is 1.52. The van der Waals surface area contributed by atoms with Crippen LogP contribution in [0.15, 0.2) is 36.4 Å². The van der Waals surface area contributed by atoms with Gasteiger partial charge < -0.3 is 15.2 Å². The Bertz CT molecular complexity index is 650. The van der Waals surface area contributed by atoms with Crippen molar-refractivity contribution in [3.05, 3.63) is 47.8 Å². The van der Waals surface area contributed by atoms with E-state index in [0.29, 0.717) is 11.4 Å². The van der Waals surface area contributed by atoms with Gasteiger partial charge in [0.05, 0.1) is 12.7 Å². The van der Waals surface area contributed by atoms with Crippen LogP contribution in [0.5, 0.6) is 17.2 Å². The molecule has 2 N–H and O–H groups in total. The molecule has 0 aromatic heterocycles. The monoisotopic (exact) mass is 258 g/mol. The van der Waals surface area contributed by atoms with E-state index in [9.17, 15) is 4.39 Å². The number of anilines is 1. The topological polar surface area (TPSA) is 68.3 Å². The molecule has 0 aliphatic rings. The van der Waals surface area contributed by atoms with Gasteiger partial charge in [0.1, 0.15) is 17.6 Å². The minimum atomic E-state index is -0.591. The van der Waals surface area contributed by atoms with E-state index in [1.165, 1.54) is 25.3 Å². The minimum absolute atomic E-state index is 0.000969. The second-order valence-corrected chi connectivity index (χ2v) is 3.77. The second-order valence-electron chi connectivity index (χ2n) is 3.77. The van der Waals surface area contributed by atoms with Gasteiger partial charge in [-0.2, -0.15) is 5.26 Å². The highest BCUT2D eigenvalue weighted by atomic mass is 19.1. The molecule has 0 radical (unpaired) electrons. The van der Waals surface area contributed by atoms with Gasteiger partial charge in [-0.25, -0.2) is 4.39 Å². The molecule has 96 valence electrons. The van der Waals surface area contributed by atoms with Gasteiger partial charge in [-0.15, -0.1) is 0 Å². The van der Waals surface area contributed by atoms with Gasteiger partial charge in [0.25, 0.3) is 0 Å². The van der Waals surface area contributed by atoms with Crippen LogP contribution in [0.25, 0.3) is 0 Å². The number of nitriles is 1. The average Bonchev–Trinajstić information content (AvgIpc) is 2.41. The highest BCUT2D eigenvalue weighted by Crippen LogP contribution is 2.31. The van der Waals surface area contributed by atoms with Crippen molar-refractivity contribution in [2.75, 3.05) is 12.8 Å². The van der Waals surface area contributed by atoms with Crippen molar-refractivity contribution >= 4 is 5.69 Å². The van der Waals surface area contributed by atoms with E-state index >= 15 is 0 Å². The Balaban J connectivity index is 2.39. The van der Waals surface area contributed by atoms with E-state index in [2.05, 4.69) is 0 Å². The maximum Gasteiger partial charge on any atom is 0.167 e. The fourth-order valence-corrected chi connectivity index (χ4v) is 1.52. The van der Waals surface area contributed by atoms with E-state index in [-0.39, 0.29) is 17.1 Å². The number of rotatable bonds is 3. The minimum Gasteiger partial charge on any atom is -0.497 e. The molecule has 0 bridgehead atoms. The predicted octanol–water partition coefficient (Wildman–Crippen LogP) is 3.08. The van der Waals surface area contributed by atoms with Crippen molar-refractivity contribution < 1.29 is 13.9 Å². The summed E-state index contributed by atoms with van der Waals surface area (Å²) in [5.74, 6) is 0.154. The van der Waals surface area contributed by atoms with Crippen LogP contribution in [0.4, 0.5) is 10.1 Å². The van der Waals surface area contributed by atoms with Crippen LogP contribution in [-0.2, 0) is 0 Å². The van der Waals surface area contributed by atoms with Crippen LogP contribution in [0.2, 0.25) is 0 Å². The summed E-state index contributed by atoms with van der Waals surface area (Å²) in [5.41, 5.74) is 6.05. The zero-order valence-corrected chi connectivity index (χ0v) is 10.2. The molecule has 19 heavy (non-hydrogen) atoms. The SMILES string of the molecule is COc1ccc(C#N)c(Oc2ccc(N)cc2F)c1. The number of hydrogen-bond acceptors (Lipinski definition) is 4. The molecule has 2 rings (SSSR count). The first kappa shape index (κ1) is 12.7. The van der Waals surface area contributed by atoms with Crippen LogP contribution in [0.1, 0.15) is 5.56 Å². The summed E-state index contributed by atoms with van der Waals surface area (Å²) in [6.07, 6.45) is 0. The third kappa shape index (κ3) is 2.75. The number of nitrogen functional groups attached to an aromatic ring is 1. The smallest absolute Gasteiger partial charge is 0.167 e. The zero-order valence-electron chi connectivity index (χ0n) is 10.2. The van der Waals surface area contributed by atoms with Crippen molar-refractivity contribution in [2.24, 2.45) is 0 Å². The molecule has 0 saturated carbocycles. The Morgan fingerprint density at radius 3 is 2.58 bits per heavy atom. The van der Waals surface area contributed by atoms with Crippen LogP contribution >= 0.6 is 0 Å². The molecule has 0 aliphatic heterocycles. The molecule has 0 saturated heterocycles. The van der Waals surface area contributed by atoms with Crippen LogP contribution in [0, 0.1) is 17.1 Å². The Labute approximate surface area is 109 Å². The molecule has 2 aromatic rings. The third-order valence-electron chi connectivity index (χ3n) is 2.49. The lowest BCUT2D eigenvalue weighted by Crippen LogP contribution is -1.94. The summed E-state index contributed by atoms with van der Waals surface area (Å²) >= 11 is 0. The van der Waals surface area contributed by atoms with Gasteiger partial charge >= 0.3 is 0 Å². The molecular weight excluding hydrogens is 247 g/mol. The van der Waals surface area contributed by atoms with Gasteiger partial charge in [0.15, 0.2) is 11.6 Å². The van der Waals surface area contributed by atoms with Crippen LogP contribution in [-0.4, -0.2) is 7.11 Å². The lowest BCUT2D eigenvalue weighted by molar-refractivity contribution is 0.405. The van der Waals surface area contributed by atoms with Gasteiger partial charge in [-0.3, -0.25) is 0 Å². The summed E-state index contributed by atoms with van der Waals surface area (Å²) in [6, 6.07) is 10.7. The van der Waals surface area contributed by atoms with E-state index in [1.807, 2.05) is 6.07 Å². The molecule has 0 fully saturated rings. The molecule has 0 unspecified atom stereocenters. The largest absolute Gasteiger partial charge is 0.497 e. The maximum absolute atomic E-state index is 13.6. The lowest BCUT2D eigenvalue weighted by Gasteiger charge is -2.10. The third-order valence-corrected chi connectivity index (χ3v) is 2.49. The van der Waals surface area contributed by atoms with Gasteiger partial charge in [-0.1, -0.05) is 0 Å². The average molecular weight is 258 g/mol. The number of ether oxygens (including phenoxy) is 2. The first-order valence-electron chi connectivity index (χ1n) is 5.45. The first-order valence-corrected chi connectivity index (χ1v) is 5.45. The summed E-state index contributed by atoms with van der Waals surface area (Å²) in [7, 11) is 1.50. The number of nitrogens with two attached hydrogens (primary N) is 1. The normalized spacial score (nSPS) is 9.74. The number of halogens is 1. The molecule has 2 aromatic carbocycles. The summed E-state index contributed by atoms with van der Waals surface area (Å²) in [5, 5.41) is 8.99.